The van der Waals surface area contributed by atoms with Gasteiger partial charge in [0.25, 0.3) is 5.91 Å². The Bertz CT molecular complexity index is 1140. The van der Waals surface area contributed by atoms with E-state index in [4.69, 9.17) is 0 Å². The summed E-state index contributed by atoms with van der Waals surface area (Å²) in [6.07, 6.45) is 1.51. The van der Waals surface area contributed by atoms with Crippen LogP contribution in [0.2, 0.25) is 0 Å². The fraction of sp³-hybridized carbons (Fsp3) is 0.400. The summed E-state index contributed by atoms with van der Waals surface area (Å²) >= 11 is 0. The Kier molecular flexibility index (Phi) is 7.02. The maximum absolute atomic E-state index is 13.2. The largest absolute Gasteiger partial charge is 0.348 e. The Labute approximate surface area is 199 Å². The summed E-state index contributed by atoms with van der Waals surface area (Å²) < 4.78 is 1.55. The van der Waals surface area contributed by atoms with Gasteiger partial charge in [-0.2, -0.15) is 0 Å². The first-order chi connectivity index (χ1) is 16.3. The SMILES string of the molecule is CC(=O)N1CCN(C[C@@H](C)NC(=O)c2cc(-c3ccc(C)cc3)cc(-n3cnnn3)c2)C[C@@H]1C. The molecule has 0 aliphatic carbocycles. The molecule has 34 heavy (non-hydrogen) atoms. The molecule has 1 N–H and O–H groups in total. The van der Waals surface area contributed by atoms with Gasteiger partial charge in [-0.15, -0.1) is 5.10 Å². The first-order valence-electron chi connectivity index (χ1n) is 11.6. The minimum Gasteiger partial charge on any atom is -0.348 e. The Hall–Kier alpha value is -3.59. The van der Waals surface area contributed by atoms with E-state index in [1.807, 2.05) is 55.1 Å². The zero-order chi connectivity index (χ0) is 24.2. The highest BCUT2D eigenvalue weighted by Gasteiger charge is 2.26. The van der Waals surface area contributed by atoms with Gasteiger partial charge in [0, 0.05) is 50.7 Å². The quantitative estimate of drug-likeness (QED) is 0.605. The summed E-state index contributed by atoms with van der Waals surface area (Å²) in [5.74, 6) is -0.0356. The minimum absolute atomic E-state index is 0.0527. The second-order valence-corrected chi connectivity index (χ2v) is 9.08. The number of benzene rings is 2. The summed E-state index contributed by atoms with van der Waals surface area (Å²) in [5, 5.41) is 14.6. The molecule has 9 nitrogen and oxygen atoms in total. The predicted octanol–water partition coefficient (Wildman–Crippen LogP) is 2.31. The lowest BCUT2D eigenvalue weighted by Gasteiger charge is -2.40. The summed E-state index contributed by atoms with van der Waals surface area (Å²) in [7, 11) is 0. The third-order valence-electron chi connectivity index (χ3n) is 6.20. The molecule has 1 aliphatic rings. The number of aryl methyl sites for hydroxylation is 1. The van der Waals surface area contributed by atoms with Crippen LogP contribution in [0.3, 0.4) is 0 Å². The lowest BCUT2D eigenvalue weighted by atomic mass is 10.0. The fourth-order valence-electron chi connectivity index (χ4n) is 4.47. The Morgan fingerprint density at radius 1 is 1.12 bits per heavy atom. The van der Waals surface area contributed by atoms with Crippen LogP contribution in [0.4, 0.5) is 0 Å². The van der Waals surface area contributed by atoms with Crippen molar-refractivity contribution < 1.29 is 9.59 Å². The van der Waals surface area contributed by atoms with Crippen LogP contribution in [0.25, 0.3) is 16.8 Å². The highest BCUT2D eigenvalue weighted by atomic mass is 16.2. The van der Waals surface area contributed by atoms with Crippen molar-refractivity contribution in [1.29, 1.82) is 0 Å². The smallest absolute Gasteiger partial charge is 0.251 e. The second-order valence-electron chi connectivity index (χ2n) is 9.08. The van der Waals surface area contributed by atoms with Gasteiger partial charge in [-0.25, -0.2) is 4.68 Å². The maximum atomic E-state index is 13.2. The number of nitrogens with one attached hydrogen (secondary N) is 1. The molecule has 0 bridgehead atoms. The summed E-state index contributed by atoms with van der Waals surface area (Å²) in [6, 6.07) is 14.0. The molecule has 1 saturated heterocycles. The monoisotopic (exact) mass is 461 g/mol. The van der Waals surface area contributed by atoms with Crippen molar-refractivity contribution in [3.05, 3.63) is 59.9 Å². The molecule has 3 aromatic rings. The second kappa shape index (κ2) is 10.1. The number of rotatable bonds is 6. The number of piperazine rings is 1. The molecular weight excluding hydrogens is 430 g/mol. The lowest BCUT2D eigenvalue weighted by molar-refractivity contribution is -0.133. The first kappa shape index (κ1) is 23.6. The minimum atomic E-state index is -0.147. The van der Waals surface area contributed by atoms with Gasteiger partial charge in [0.1, 0.15) is 6.33 Å². The normalized spacial score (nSPS) is 17.4. The summed E-state index contributed by atoms with van der Waals surface area (Å²) in [5.41, 5.74) is 4.37. The van der Waals surface area contributed by atoms with Crippen molar-refractivity contribution in [3.63, 3.8) is 0 Å². The fourth-order valence-corrected chi connectivity index (χ4v) is 4.47. The molecule has 2 amide bonds. The maximum Gasteiger partial charge on any atom is 0.251 e. The molecule has 0 spiro atoms. The molecule has 2 heterocycles. The highest BCUT2D eigenvalue weighted by molar-refractivity contribution is 5.96. The molecule has 2 aromatic carbocycles. The third-order valence-corrected chi connectivity index (χ3v) is 6.20. The molecule has 1 fully saturated rings. The zero-order valence-corrected chi connectivity index (χ0v) is 20.1. The van der Waals surface area contributed by atoms with E-state index in [0.717, 1.165) is 36.4 Å². The number of tetrazole rings is 1. The molecule has 0 saturated carbocycles. The summed E-state index contributed by atoms with van der Waals surface area (Å²) in [4.78, 5) is 29.2. The van der Waals surface area contributed by atoms with E-state index in [1.165, 1.54) is 11.9 Å². The van der Waals surface area contributed by atoms with E-state index in [9.17, 15) is 9.59 Å². The van der Waals surface area contributed by atoms with Crippen molar-refractivity contribution >= 4 is 11.8 Å². The standard InChI is InChI=1S/C25H31N7O2/c1-17-5-7-21(8-6-17)22-11-23(13-24(12-22)32-16-26-28-29-32)25(34)27-18(2)14-30-9-10-31(20(4)33)19(3)15-30/h5-8,11-13,16,18-19H,9-10,14-15H2,1-4H3,(H,27,34)/t18-,19+/m1/s1. The number of hydrogen-bond acceptors (Lipinski definition) is 6. The van der Waals surface area contributed by atoms with E-state index in [0.29, 0.717) is 12.1 Å². The van der Waals surface area contributed by atoms with Crippen LogP contribution >= 0.6 is 0 Å². The molecule has 178 valence electrons. The first-order valence-corrected chi connectivity index (χ1v) is 11.6. The van der Waals surface area contributed by atoms with E-state index in [-0.39, 0.29) is 23.9 Å². The average Bonchev–Trinajstić information content (AvgIpc) is 3.34. The molecule has 1 aliphatic heterocycles. The number of nitrogens with zero attached hydrogens (tertiary/aromatic N) is 6. The molecule has 9 heteroatoms. The van der Waals surface area contributed by atoms with Crippen LogP contribution < -0.4 is 5.32 Å². The molecule has 4 rings (SSSR count). The van der Waals surface area contributed by atoms with Crippen LogP contribution in [-0.2, 0) is 4.79 Å². The van der Waals surface area contributed by atoms with Gasteiger partial charge in [0.05, 0.1) is 5.69 Å². The van der Waals surface area contributed by atoms with E-state index < -0.39 is 0 Å². The van der Waals surface area contributed by atoms with Gasteiger partial charge >= 0.3 is 0 Å². The third kappa shape index (κ3) is 5.48. The Morgan fingerprint density at radius 2 is 1.88 bits per heavy atom. The predicted molar refractivity (Wildman–Crippen MR) is 130 cm³/mol. The molecule has 1 aromatic heterocycles. The van der Waals surface area contributed by atoms with E-state index in [1.54, 1.807) is 17.7 Å². The topological polar surface area (TPSA) is 96.2 Å². The van der Waals surface area contributed by atoms with E-state index >= 15 is 0 Å². The van der Waals surface area contributed by atoms with Crippen LogP contribution in [0.15, 0.2) is 48.8 Å². The molecular formula is C25H31N7O2. The number of hydrogen-bond donors (Lipinski definition) is 1. The van der Waals surface area contributed by atoms with Crippen LogP contribution in [0.5, 0.6) is 0 Å². The van der Waals surface area contributed by atoms with Crippen molar-refractivity contribution in [3.8, 4) is 16.8 Å². The Morgan fingerprint density at radius 3 is 2.53 bits per heavy atom. The Balaban J connectivity index is 1.50. The highest BCUT2D eigenvalue weighted by Crippen LogP contribution is 2.24. The van der Waals surface area contributed by atoms with Gasteiger partial charge in [-0.3, -0.25) is 14.5 Å². The summed E-state index contributed by atoms with van der Waals surface area (Å²) in [6.45, 7) is 10.8. The molecule has 2 atom stereocenters. The van der Waals surface area contributed by atoms with Crippen molar-refractivity contribution in [1.82, 2.24) is 35.3 Å². The van der Waals surface area contributed by atoms with Gasteiger partial charge < -0.3 is 10.2 Å². The number of carbonyl (C=O) groups excluding carboxylic acids is 2. The zero-order valence-electron chi connectivity index (χ0n) is 20.1. The van der Waals surface area contributed by atoms with Gasteiger partial charge in [0.2, 0.25) is 5.91 Å². The number of amides is 2. The van der Waals surface area contributed by atoms with Crippen molar-refractivity contribution in [2.24, 2.45) is 0 Å². The van der Waals surface area contributed by atoms with Crippen molar-refractivity contribution in [2.75, 3.05) is 26.2 Å². The van der Waals surface area contributed by atoms with Crippen molar-refractivity contribution in [2.45, 2.75) is 39.8 Å². The molecule has 0 radical (unpaired) electrons. The lowest BCUT2D eigenvalue weighted by Crippen LogP contribution is -2.55. The van der Waals surface area contributed by atoms with E-state index in [2.05, 4.69) is 32.7 Å². The van der Waals surface area contributed by atoms with Gasteiger partial charge in [0.15, 0.2) is 0 Å². The van der Waals surface area contributed by atoms with Crippen LogP contribution in [-0.4, -0.2) is 80.1 Å². The molecule has 0 unspecified atom stereocenters. The van der Waals surface area contributed by atoms with Crippen LogP contribution in [0, 0.1) is 6.92 Å². The number of carbonyl (C=O) groups is 2. The van der Waals surface area contributed by atoms with Gasteiger partial charge in [-0.1, -0.05) is 29.8 Å². The average molecular weight is 462 g/mol. The number of aromatic nitrogens is 4. The van der Waals surface area contributed by atoms with Crippen LogP contribution in [0.1, 0.15) is 36.7 Å². The van der Waals surface area contributed by atoms with Gasteiger partial charge in [-0.05, 0) is 60.5 Å².